The number of rotatable bonds is 8. The maximum atomic E-state index is 14.0. The highest BCUT2D eigenvalue weighted by atomic mass is 35.5. The number of hydrogen-bond acceptors (Lipinski definition) is 4. The molecule has 0 spiro atoms. The molecule has 1 fully saturated rings. The van der Waals surface area contributed by atoms with Gasteiger partial charge >= 0.3 is 6.03 Å². The molecule has 9 heteroatoms. The summed E-state index contributed by atoms with van der Waals surface area (Å²) in [4.78, 5) is 26.1. The highest BCUT2D eigenvalue weighted by Gasteiger charge is 2.34. The maximum Gasteiger partial charge on any atom is 0.329 e. The number of nitrogens with one attached hydrogen (secondary N) is 1. The predicted molar refractivity (Wildman–Crippen MR) is 127 cm³/mol. The number of carbonyl (C=O) groups is 2. The molecule has 1 heterocycles. The van der Waals surface area contributed by atoms with Crippen molar-refractivity contribution in [3.8, 4) is 11.5 Å². The lowest BCUT2D eigenvalue weighted by Crippen LogP contribution is -2.30. The van der Waals surface area contributed by atoms with Gasteiger partial charge in [0.1, 0.15) is 23.9 Å². The highest BCUT2D eigenvalue weighted by molar-refractivity contribution is 6.32. The van der Waals surface area contributed by atoms with Gasteiger partial charge in [-0.05, 0) is 42.8 Å². The van der Waals surface area contributed by atoms with Crippen molar-refractivity contribution >= 4 is 29.6 Å². The summed E-state index contributed by atoms with van der Waals surface area (Å²) in [6.07, 6.45) is 1.44. The van der Waals surface area contributed by atoms with Crippen molar-refractivity contribution in [1.82, 2.24) is 10.2 Å². The molecule has 0 bridgehead atoms. The van der Waals surface area contributed by atoms with Gasteiger partial charge in [-0.25, -0.2) is 13.6 Å². The molecule has 3 aromatic carbocycles. The van der Waals surface area contributed by atoms with E-state index in [9.17, 15) is 18.4 Å². The van der Waals surface area contributed by atoms with E-state index in [4.69, 9.17) is 21.1 Å². The Morgan fingerprint density at radius 2 is 1.63 bits per heavy atom. The molecule has 4 rings (SSSR count). The molecule has 3 amide bonds. The van der Waals surface area contributed by atoms with Gasteiger partial charge in [-0.3, -0.25) is 9.69 Å². The van der Waals surface area contributed by atoms with Gasteiger partial charge in [0.05, 0.1) is 18.2 Å². The lowest BCUT2D eigenvalue weighted by molar-refractivity contribution is -0.123. The molecule has 1 aliphatic heterocycles. The molecule has 1 saturated heterocycles. The van der Waals surface area contributed by atoms with Crippen molar-refractivity contribution < 1.29 is 27.8 Å². The molecule has 0 atom stereocenters. The summed E-state index contributed by atoms with van der Waals surface area (Å²) in [5, 5.41) is 2.68. The van der Waals surface area contributed by atoms with E-state index in [2.05, 4.69) is 5.32 Å². The Kier molecular flexibility index (Phi) is 7.31. The minimum absolute atomic E-state index is 0.00452. The average Bonchev–Trinajstić information content (AvgIpc) is 3.08. The molecule has 180 valence electrons. The van der Waals surface area contributed by atoms with E-state index in [1.54, 1.807) is 37.3 Å². The van der Waals surface area contributed by atoms with Crippen molar-refractivity contribution in [1.29, 1.82) is 0 Å². The van der Waals surface area contributed by atoms with Crippen molar-refractivity contribution in [3.05, 3.63) is 99.7 Å². The molecule has 0 saturated carbocycles. The summed E-state index contributed by atoms with van der Waals surface area (Å²) in [5.74, 6) is -1.000. The molecular formula is C26H21ClF2N2O4. The first-order valence-electron chi connectivity index (χ1n) is 10.8. The van der Waals surface area contributed by atoms with Crippen LogP contribution in [0.4, 0.5) is 13.6 Å². The average molecular weight is 499 g/mol. The molecule has 35 heavy (non-hydrogen) atoms. The Labute approximate surface area is 205 Å². The summed E-state index contributed by atoms with van der Waals surface area (Å²) in [6.45, 7) is 1.81. The van der Waals surface area contributed by atoms with Crippen LogP contribution in [0, 0.1) is 11.6 Å². The largest absolute Gasteiger partial charge is 0.490 e. The van der Waals surface area contributed by atoms with Crippen LogP contribution in [-0.4, -0.2) is 23.4 Å². The molecule has 0 aromatic heterocycles. The number of imide groups is 1. The van der Waals surface area contributed by atoms with Crippen LogP contribution in [0.15, 0.2) is 66.4 Å². The standard InChI is InChI=1S/C26H21ClF2N2O4/c1-2-34-23-13-16(11-19(27)24(23)35-15-18-8-4-6-10-21(18)29)12-22-25(32)31(26(33)30-22)14-17-7-3-5-9-20(17)28/h3-13H,2,14-15H2,1H3,(H,30,33)/b22-12+. The van der Waals surface area contributed by atoms with Crippen LogP contribution in [0.3, 0.4) is 0 Å². The zero-order valence-corrected chi connectivity index (χ0v) is 19.4. The third-order valence-corrected chi connectivity index (χ3v) is 5.50. The van der Waals surface area contributed by atoms with E-state index >= 15 is 0 Å². The second-order valence-electron chi connectivity index (χ2n) is 7.61. The van der Waals surface area contributed by atoms with E-state index in [0.717, 1.165) is 4.90 Å². The second kappa shape index (κ2) is 10.6. The third kappa shape index (κ3) is 5.44. The summed E-state index contributed by atoms with van der Waals surface area (Å²) in [6, 6.07) is 14.6. The zero-order valence-electron chi connectivity index (χ0n) is 18.7. The Bertz CT molecular complexity index is 1310. The number of urea groups is 1. The summed E-state index contributed by atoms with van der Waals surface area (Å²) in [7, 11) is 0. The van der Waals surface area contributed by atoms with Crippen LogP contribution < -0.4 is 14.8 Å². The summed E-state index contributed by atoms with van der Waals surface area (Å²) >= 11 is 6.43. The lowest BCUT2D eigenvalue weighted by Gasteiger charge is -2.15. The molecule has 6 nitrogen and oxygen atoms in total. The van der Waals surface area contributed by atoms with Crippen LogP contribution in [0.25, 0.3) is 6.08 Å². The maximum absolute atomic E-state index is 14.0. The molecule has 0 unspecified atom stereocenters. The zero-order chi connectivity index (χ0) is 24.9. The van der Waals surface area contributed by atoms with Gasteiger partial charge in [-0.2, -0.15) is 0 Å². The fourth-order valence-corrected chi connectivity index (χ4v) is 3.79. The Morgan fingerprint density at radius 1 is 0.971 bits per heavy atom. The van der Waals surface area contributed by atoms with Gasteiger partial charge < -0.3 is 14.8 Å². The lowest BCUT2D eigenvalue weighted by atomic mass is 10.1. The van der Waals surface area contributed by atoms with Gasteiger partial charge in [0, 0.05) is 11.1 Å². The van der Waals surface area contributed by atoms with Crippen LogP contribution in [0.2, 0.25) is 5.02 Å². The number of halogens is 3. The Morgan fingerprint density at radius 3 is 2.29 bits per heavy atom. The van der Waals surface area contributed by atoms with Crippen LogP contribution in [0.1, 0.15) is 23.6 Å². The first-order chi connectivity index (χ1) is 16.9. The van der Waals surface area contributed by atoms with Crippen molar-refractivity contribution in [2.75, 3.05) is 6.61 Å². The van der Waals surface area contributed by atoms with Crippen LogP contribution >= 0.6 is 11.6 Å². The van der Waals surface area contributed by atoms with E-state index in [0.29, 0.717) is 23.5 Å². The Hall–Kier alpha value is -3.91. The SMILES string of the molecule is CCOc1cc(/C=C2/NC(=O)N(Cc3ccccc3F)C2=O)cc(Cl)c1OCc1ccccc1F. The number of amides is 3. The third-order valence-electron chi connectivity index (χ3n) is 5.22. The first kappa shape index (κ1) is 24.2. The summed E-state index contributed by atoms with van der Waals surface area (Å²) in [5.41, 5.74) is 1.04. The minimum Gasteiger partial charge on any atom is -0.490 e. The minimum atomic E-state index is -0.662. The van der Waals surface area contributed by atoms with Crippen LogP contribution in [-0.2, 0) is 17.9 Å². The molecule has 3 aromatic rings. The van der Waals surface area contributed by atoms with E-state index in [1.165, 1.54) is 36.4 Å². The topological polar surface area (TPSA) is 67.9 Å². The van der Waals surface area contributed by atoms with E-state index in [-0.39, 0.29) is 35.2 Å². The number of benzene rings is 3. The normalized spacial score (nSPS) is 14.4. The van der Waals surface area contributed by atoms with Gasteiger partial charge in [0.2, 0.25) is 0 Å². The number of hydrogen-bond donors (Lipinski definition) is 1. The summed E-state index contributed by atoms with van der Waals surface area (Å²) < 4.78 is 39.3. The van der Waals surface area contributed by atoms with Gasteiger partial charge in [-0.15, -0.1) is 0 Å². The molecule has 0 radical (unpaired) electrons. The molecule has 1 N–H and O–H groups in total. The van der Waals surface area contributed by atoms with Crippen LogP contribution in [0.5, 0.6) is 11.5 Å². The fourth-order valence-electron chi connectivity index (χ4n) is 3.52. The number of nitrogens with zero attached hydrogens (tertiary/aromatic N) is 1. The van der Waals surface area contributed by atoms with E-state index in [1.807, 2.05) is 0 Å². The molecular weight excluding hydrogens is 478 g/mol. The van der Waals surface area contributed by atoms with Gasteiger partial charge in [-0.1, -0.05) is 48.0 Å². The quantitative estimate of drug-likeness (QED) is 0.320. The monoisotopic (exact) mass is 498 g/mol. The van der Waals surface area contributed by atoms with E-state index < -0.39 is 23.6 Å². The van der Waals surface area contributed by atoms with Gasteiger partial charge in [0.15, 0.2) is 11.5 Å². The Balaban J connectivity index is 1.57. The fraction of sp³-hybridized carbons (Fsp3) is 0.154. The highest BCUT2D eigenvalue weighted by Crippen LogP contribution is 2.38. The molecule has 0 aliphatic carbocycles. The first-order valence-corrected chi connectivity index (χ1v) is 11.2. The smallest absolute Gasteiger partial charge is 0.329 e. The van der Waals surface area contributed by atoms with Crippen molar-refractivity contribution in [3.63, 3.8) is 0 Å². The predicted octanol–water partition coefficient (Wildman–Crippen LogP) is 5.69. The molecule has 1 aliphatic rings. The number of carbonyl (C=O) groups excluding carboxylic acids is 2. The van der Waals surface area contributed by atoms with Crippen molar-refractivity contribution in [2.24, 2.45) is 0 Å². The van der Waals surface area contributed by atoms with Crippen molar-refractivity contribution in [2.45, 2.75) is 20.1 Å². The number of ether oxygens (including phenoxy) is 2. The second-order valence-corrected chi connectivity index (χ2v) is 8.02. The van der Waals surface area contributed by atoms with Gasteiger partial charge in [0.25, 0.3) is 5.91 Å².